The number of esters is 1. The molecule has 2 amide bonds. The number of thiophene rings is 2. The van der Waals surface area contributed by atoms with Crippen LogP contribution in [0.15, 0.2) is 39.2 Å². The molecule has 1 N–H and O–H groups in total. The molecule has 0 saturated carbocycles. The summed E-state index contributed by atoms with van der Waals surface area (Å²) in [5.41, 5.74) is 0. The van der Waals surface area contributed by atoms with E-state index >= 15 is 0 Å². The Morgan fingerprint density at radius 3 is 2.28 bits per heavy atom. The van der Waals surface area contributed by atoms with Gasteiger partial charge >= 0.3 is 5.97 Å². The highest BCUT2D eigenvalue weighted by Gasteiger charge is 2.26. The van der Waals surface area contributed by atoms with Crippen LogP contribution in [0.3, 0.4) is 0 Å². The summed E-state index contributed by atoms with van der Waals surface area (Å²) in [6.07, 6.45) is 0. The van der Waals surface area contributed by atoms with Crippen LogP contribution < -0.4 is 4.72 Å². The first-order valence-electron chi connectivity index (χ1n) is 8.66. The number of nitrogens with one attached hydrogen (secondary N) is 1. The van der Waals surface area contributed by atoms with E-state index in [-0.39, 0.29) is 16.0 Å². The molecule has 2 aromatic rings. The van der Waals surface area contributed by atoms with E-state index in [4.69, 9.17) is 4.74 Å². The van der Waals surface area contributed by atoms with E-state index in [1.54, 1.807) is 22.4 Å². The Morgan fingerprint density at radius 2 is 1.66 bits per heavy atom. The molecule has 3 heterocycles. The van der Waals surface area contributed by atoms with Crippen molar-refractivity contribution in [3.05, 3.63) is 39.9 Å². The molecule has 156 valence electrons. The molecule has 0 aliphatic carbocycles. The third-order valence-electron chi connectivity index (χ3n) is 4.17. The summed E-state index contributed by atoms with van der Waals surface area (Å²) in [5, 5.41) is 3.45. The van der Waals surface area contributed by atoms with Crippen molar-refractivity contribution in [2.24, 2.45) is 0 Å². The van der Waals surface area contributed by atoms with Crippen LogP contribution >= 0.6 is 22.7 Å². The topological polar surface area (TPSA) is 113 Å². The van der Waals surface area contributed by atoms with Gasteiger partial charge in [-0.3, -0.25) is 14.4 Å². The molecule has 3 rings (SSSR count). The van der Waals surface area contributed by atoms with Gasteiger partial charge in [0.05, 0.1) is 4.88 Å². The number of piperazine rings is 1. The number of hydrogen-bond donors (Lipinski definition) is 1. The highest BCUT2D eigenvalue weighted by Crippen LogP contribution is 2.15. The zero-order chi connectivity index (χ0) is 20.9. The van der Waals surface area contributed by atoms with E-state index in [0.717, 1.165) is 11.3 Å². The average molecular weight is 458 g/mol. The number of ether oxygens (including phenoxy) is 1. The maximum atomic E-state index is 12.3. The van der Waals surface area contributed by atoms with E-state index in [2.05, 4.69) is 4.72 Å². The molecule has 1 aliphatic rings. The summed E-state index contributed by atoms with van der Waals surface area (Å²) >= 11 is 2.40. The first-order valence-corrected chi connectivity index (χ1v) is 11.9. The molecule has 1 fully saturated rings. The van der Waals surface area contributed by atoms with Gasteiger partial charge in [0.2, 0.25) is 0 Å². The number of rotatable bonds is 7. The van der Waals surface area contributed by atoms with Crippen LogP contribution in [0, 0.1) is 0 Å². The molecular weight excluding hydrogens is 438 g/mol. The molecule has 0 unspecified atom stereocenters. The number of sulfonamides is 1. The van der Waals surface area contributed by atoms with E-state index in [9.17, 15) is 22.8 Å². The van der Waals surface area contributed by atoms with Crippen molar-refractivity contribution in [2.45, 2.75) is 4.21 Å². The second-order valence-corrected chi connectivity index (χ2v) is 9.96. The average Bonchev–Trinajstić information content (AvgIpc) is 3.44. The smallest absolute Gasteiger partial charge is 0.321 e. The molecule has 1 aliphatic heterocycles. The molecule has 0 spiro atoms. The van der Waals surface area contributed by atoms with Gasteiger partial charge in [-0.1, -0.05) is 12.1 Å². The van der Waals surface area contributed by atoms with Crippen LogP contribution in [0.5, 0.6) is 0 Å². The van der Waals surface area contributed by atoms with Crippen LogP contribution in [-0.2, 0) is 24.3 Å². The van der Waals surface area contributed by atoms with Crippen molar-refractivity contribution < 1.29 is 27.5 Å². The summed E-state index contributed by atoms with van der Waals surface area (Å²) < 4.78 is 31.0. The number of carbonyl (C=O) groups is 3. The fourth-order valence-electron chi connectivity index (χ4n) is 2.64. The lowest BCUT2D eigenvalue weighted by molar-refractivity contribution is -0.151. The van der Waals surface area contributed by atoms with Crippen LogP contribution in [-0.4, -0.2) is 75.3 Å². The predicted octanol–water partition coefficient (Wildman–Crippen LogP) is 0.616. The first kappa shape index (κ1) is 21.4. The van der Waals surface area contributed by atoms with Gasteiger partial charge in [0.1, 0.15) is 10.8 Å². The summed E-state index contributed by atoms with van der Waals surface area (Å²) in [5.74, 6) is -1.29. The van der Waals surface area contributed by atoms with Gasteiger partial charge in [0.25, 0.3) is 21.8 Å². The zero-order valence-corrected chi connectivity index (χ0v) is 17.7. The quantitative estimate of drug-likeness (QED) is 0.610. The van der Waals surface area contributed by atoms with Gasteiger partial charge in [-0.25, -0.2) is 8.42 Å². The van der Waals surface area contributed by atoms with Crippen LogP contribution in [0.25, 0.3) is 0 Å². The van der Waals surface area contributed by atoms with Gasteiger partial charge in [-0.05, 0) is 22.9 Å². The van der Waals surface area contributed by atoms with Crippen molar-refractivity contribution in [3.63, 3.8) is 0 Å². The molecule has 0 bridgehead atoms. The third-order valence-corrected chi connectivity index (χ3v) is 7.83. The van der Waals surface area contributed by atoms with Gasteiger partial charge in [0, 0.05) is 26.2 Å². The monoisotopic (exact) mass is 457 g/mol. The molecule has 1 saturated heterocycles. The minimum atomic E-state index is -3.77. The lowest BCUT2D eigenvalue weighted by atomic mass is 10.3. The maximum Gasteiger partial charge on any atom is 0.321 e. The standard InChI is InChI=1S/C17H19N3O6S3/c21-14(12-26-15(22)11-18-29(24,25)16-4-2-10-28-16)19-5-7-20(8-6-19)17(23)13-3-1-9-27-13/h1-4,9-10,18H,5-8,11-12H2. The molecule has 29 heavy (non-hydrogen) atoms. The van der Waals surface area contributed by atoms with E-state index in [1.807, 2.05) is 11.4 Å². The minimum Gasteiger partial charge on any atom is -0.455 e. The van der Waals surface area contributed by atoms with Crippen LogP contribution in [0.1, 0.15) is 9.67 Å². The highest BCUT2D eigenvalue weighted by molar-refractivity contribution is 7.91. The number of hydrogen-bond acceptors (Lipinski definition) is 8. The molecule has 9 nitrogen and oxygen atoms in total. The van der Waals surface area contributed by atoms with Crippen molar-refractivity contribution in [1.29, 1.82) is 0 Å². The zero-order valence-electron chi connectivity index (χ0n) is 15.3. The molecular formula is C17H19N3O6S3. The predicted molar refractivity (Wildman–Crippen MR) is 107 cm³/mol. The normalized spacial score (nSPS) is 14.6. The Bertz CT molecular complexity index is 949. The fourth-order valence-corrected chi connectivity index (χ4v) is 5.34. The SMILES string of the molecule is O=C(CNS(=O)(=O)c1cccs1)OCC(=O)N1CCN(C(=O)c2cccs2)CC1. The van der Waals surface area contributed by atoms with Crippen molar-refractivity contribution in [1.82, 2.24) is 14.5 Å². The van der Waals surface area contributed by atoms with E-state index in [0.29, 0.717) is 31.1 Å². The molecule has 0 radical (unpaired) electrons. The summed E-state index contributed by atoms with van der Waals surface area (Å²) in [6, 6.07) is 6.58. The Kier molecular flexibility index (Phi) is 7.00. The summed E-state index contributed by atoms with van der Waals surface area (Å²) in [4.78, 5) is 40.1. The van der Waals surface area contributed by atoms with Crippen LogP contribution in [0.4, 0.5) is 0 Å². The Labute approximate surface area is 175 Å². The number of nitrogens with zero attached hydrogens (tertiary/aromatic N) is 2. The lowest BCUT2D eigenvalue weighted by Gasteiger charge is -2.34. The first-order chi connectivity index (χ1) is 13.9. The Morgan fingerprint density at radius 1 is 1.00 bits per heavy atom. The maximum absolute atomic E-state index is 12.3. The Balaban J connectivity index is 1.39. The number of amides is 2. The molecule has 0 atom stereocenters. The molecule has 12 heteroatoms. The van der Waals surface area contributed by atoms with Gasteiger partial charge in [-0.15, -0.1) is 22.7 Å². The molecule has 0 aromatic carbocycles. The van der Waals surface area contributed by atoms with Gasteiger partial charge in [-0.2, -0.15) is 4.72 Å². The number of carbonyl (C=O) groups excluding carboxylic acids is 3. The third kappa shape index (κ3) is 5.63. The second kappa shape index (κ2) is 9.48. The minimum absolute atomic E-state index is 0.0587. The van der Waals surface area contributed by atoms with Crippen LogP contribution in [0.2, 0.25) is 0 Å². The second-order valence-electron chi connectivity index (χ2n) is 6.07. The highest BCUT2D eigenvalue weighted by atomic mass is 32.2. The van der Waals surface area contributed by atoms with E-state index in [1.165, 1.54) is 22.3 Å². The van der Waals surface area contributed by atoms with Gasteiger partial charge in [0.15, 0.2) is 6.61 Å². The van der Waals surface area contributed by atoms with E-state index < -0.39 is 29.1 Å². The van der Waals surface area contributed by atoms with Crippen molar-refractivity contribution in [3.8, 4) is 0 Å². The lowest BCUT2D eigenvalue weighted by Crippen LogP contribution is -2.51. The largest absolute Gasteiger partial charge is 0.455 e. The molecule has 2 aromatic heterocycles. The van der Waals surface area contributed by atoms with Gasteiger partial charge < -0.3 is 14.5 Å². The Hall–Kier alpha value is -2.28. The fraction of sp³-hybridized carbons (Fsp3) is 0.353. The summed E-state index contributed by atoms with van der Waals surface area (Å²) in [7, 11) is -3.77. The summed E-state index contributed by atoms with van der Waals surface area (Å²) in [6.45, 7) is 0.458. The van der Waals surface area contributed by atoms with Crippen molar-refractivity contribution in [2.75, 3.05) is 39.3 Å². The van der Waals surface area contributed by atoms with Crippen molar-refractivity contribution >= 4 is 50.5 Å².